The Kier molecular flexibility index (Phi) is 7.84. The summed E-state index contributed by atoms with van der Waals surface area (Å²) in [5.41, 5.74) is 3.90. The second kappa shape index (κ2) is 9.12. The minimum Gasteiger partial charge on any atom is -0.393 e. The summed E-state index contributed by atoms with van der Waals surface area (Å²) in [5, 5.41) is 19.8. The van der Waals surface area contributed by atoms with E-state index in [1.54, 1.807) is 6.92 Å². The molecule has 2 nitrogen and oxygen atoms in total. The molecule has 124 valence electrons. The quantitative estimate of drug-likeness (QED) is 0.716. The van der Waals surface area contributed by atoms with Gasteiger partial charge in [-0.15, -0.1) is 0 Å². The smallest absolute Gasteiger partial charge is 0.106 e. The summed E-state index contributed by atoms with van der Waals surface area (Å²) in [6.45, 7) is 7.94. The van der Waals surface area contributed by atoms with Crippen LogP contribution in [-0.4, -0.2) is 22.4 Å². The van der Waals surface area contributed by atoms with Gasteiger partial charge in [-0.25, -0.2) is 0 Å². The number of rotatable bonds is 2. The van der Waals surface area contributed by atoms with E-state index in [0.717, 1.165) is 44.1 Å². The molecule has 0 aromatic carbocycles. The zero-order valence-electron chi connectivity index (χ0n) is 14.7. The average molecular weight is 304 g/mol. The van der Waals surface area contributed by atoms with Gasteiger partial charge in [0.25, 0.3) is 0 Å². The van der Waals surface area contributed by atoms with Crippen LogP contribution in [0.2, 0.25) is 0 Å². The fourth-order valence-corrected chi connectivity index (χ4v) is 2.59. The van der Waals surface area contributed by atoms with Crippen molar-refractivity contribution in [2.24, 2.45) is 0 Å². The summed E-state index contributed by atoms with van der Waals surface area (Å²) in [6.07, 6.45) is 14.8. The van der Waals surface area contributed by atoms with E-state index in [9.17, 15) is 10.2 Å². The van der Waals surface area contributed by atoms with Gasteiger partial charge in [-0.2, -0.15) is 0 Å². The number of aliphatic hydroxyl groups is 2. The minimum atomic E-state index is -1.13. The van der Waals surface area contributed by atoms with Gasteiger partial charge in [-0.3, -0.25) is 0 Å². The Morgan fingerprint density at radius 2 is 1.41 bits per heavy atom. The molecule has 2 N–H and O–H groups in total. The largest absolute Gasteiger partial charge is 0.393 e. The van der Waals surface area contributed by atoms with Crippen molar-refractivity contribution in [1.82, 2.24) is 0 Å². The Hall–Kier alpha value is -1.12. The molecule has 1 rings (SSSR count). The van der Waals surface area contributed by atoms with Gasteiger partial charge >= 0.3 is 0 Å². The molecule has 1 aliphatic rings. The van der Waals surface area contributed by atoms with Crippen LogP contribution in [-0.2, 0) is 0 Å². The summed E-state index contributed by atoms with van der Waals surface area (Å²) < 4.78 is 0. The highest BCUT2D eigenvalue weighted by Crippen LogP contribution is 2.24. The summed E-state index contributed by atoms with van der Waals surface area (Å²) in [4.78, 5) is 0. The van der Waals surface area contributed by atoms with Crippen molar-refractivity contribution in [3.8, 4) is 0 Å². The summed E-state index contributed by atoms with van der Waals surface area (Å²) in [5.74, 6) is 0. The van der Waals surface area contributed by atoms with E-state index in [4.69, 9.17) is 0 Å². The molecule has 0 bridgehead atoms. The topological polar surface area (TPSA) is 40.5 Å². The molecule has 0 saturated carbocycles. The molecule has 0 saturated heterocycles. The number of allylic oxidation sites excluding steroid dienone is 7. The minimum absolute atomic E-state index is 0.240. The Balaban J connectivity index is 3.00. The first-order chi connectivity index (χ1) is 10.3. The van der Waals surface area contributed by atoms with Gasteiger partial charge in [0.05, 0.1) is 6.61 Å². The van der Waals surface area contributed by atoms with Crippen LogP contribution in [0.3, 0.4) is 0 Å². The Bertz CT molecular complexity index is 476. The highest BCUT2D eigenvalue weighted by atomic mass is 16.3. The molecule has 0 radical (unpaired) electrons. The van der Waals surface area contributed by atoms with Crippen LogP contribution in [0.5, 0.6) is 0 Å². The third-order valence-corrected chi connectivity index (χ3v) is 4.42. The molecule has 0 fully saturated rings. The van der Waals surface area contributed by atoms with E-state index >= 15 is 0 Å². The second-order valence-electron chi connectivity index (χ2n) is 6.82. The SMILES string of the molecule is CC1=CC=C(C(C)(O)CO)CCC(C)=CCCC(C)=CCC1. The second-order valence-corrected chi connectivity index (χ2v) is 6.82. The van der Waals surface area contributed by atoms with Crippen LogP contribution in [0.4, 0.5) is 0 Å². The van der Waals surface area contributed by atoms with Crippen molar-refractivity contribution in [3.05, 3.63) is 46.6 Å². The molecule has 1 aliphatic carbocycles. The lowest BCUT2D eigenvalue weighted by molar-refractivity contribution is 0.0307. The van der Waals surface area contributed by atoms with Crippen molar-refractivity contribution in [3.63, 3.8) is 0 Å². The van der Waals surface area contributed by atoms with Crippen LogP contribution in [0.1, 0.15) is 66.2 Å². The monoisotopic (exact) mass is 304 g/mol. The van der Waals surface area contributed by atoms with Crippen molar-refractivity contribution >= 4 is 0 Å². The first kappa shape index (κ1) is 18.9. The van der Waals surface area contributed by atoms with Crippen LogP contribution in [0.15, 0.2) is 46.6 Å². The number of hydrogen-bond donors (Lipinski definition) is 2. The molecule has 1 atom stereocenters. The molecular weight excluding hydrogens is 272 g/mol. The molecule has 1 unspecified atom stereocenters. The molecule has 0 amide bonds. The maximum atomic E-state index is 10.4. The zero-order chi connectivity index (χ0) is 16.6. The third-order valence-electron chi connectivity index (χ3n) is 4.42. The highest BCUT2D eigenvalue weighted by Gasteiger charge is 2.23. The first-order valence-corrected chi connectivity index (χ1v) is 8.36. The van der Waals surface area contributed by atoms with E-state index in [0.29, 0.717) is 0 Å². The van der Waals surface area contributed by atoms with Crippen LogP contribution < -0.4 is 0 Å². The molecule has 0 aliphatic heterocycles. The van der Waals surface area contributed by atoms with Gasteiger partial charge in [-0.1, -0.05) is 41.0 Å². The van der Waals surface area contributed by atoms with Crippen LogP contribution in [0.25, 0.3) is 0 Å². The number of hydrogen-bond acceptors (Lipinski definition) is 2. The van der Waals surface area contributed by atoms with Gasteiger partial charge < -0.3 is 10.2 Å². The van der Waals surface area contributed by atoms with Gasteiger partial charge in [0.1, 0.15) is 5.60 Å². The average Bonchev–Trinajstić information content (AvgIpc) is 2.46. The lowest BCUT2D eigenvalue weighted by atomic mass is 9.90. The number of aliphatic hydroxyl groups excluding tert-OH is 1. The van der Waals surface area contributed by atoms with E-state index in [2.05, 4.69) is 39.0 Å². The van der Waals surface area contributed by atoms with E-state index in [1.807, 2.05) is 6.08 Å². The Morgan fingerprint density at radius 1 is 0.864 bits per heavy atom. The van der Waals surface area contributed by atoms with Crippen molar-refractivity contribution < 1.29 is 10.2 Å². The van der Waals surface area contributed by atoms with Crippen molar-refractivity contribution in [1.29, 1.82) is 0 Å². The summed E-state index contributed by atoms with van der Waals surface area (Å²) >= 11 is 0. The normalized spacial score (nSPS) is 21.7. The van der Waals surface area contributed by atoms with Crippen molar-refractivity contribution in [2.75, 3.05) is 6.61 Å². The lowest BCUT2D eigenvalue weighted by Gasteiger charge is -2.24. The Morgan fingerprint density at radius 3 is 2.00 bits per heavy atom. The molecule has 0 aromatic heterocycles. The highest BCUT2D eigenvalue weighted by molar-refractivity contribution is 5.25. The van der Waals surface area contributed by atoms with E-state index < -0.39 is 5.60 Å². The van der Waals surface area contributed by atoms with E-state index in [1.165, 1.54) is 16.7 Å². The van der Waals surface area contributed by atoms with Gasteiger partial charge in [0.2, 0.25) is 0 Å². The molecule has 0 spiro atoms. The lowest BCUT2D eigenvalue weighted by Crippen LogP contribution is -2.31. The fourth-order valence-electron chi connectivity index (χ4n) is 2.59. The maximum Gasteiger partial charge on any atom is 0.106 e. The van der Waals surface area contributed by atoms with E-state index in [-0.39, 0.29) is 6.61 Å². The molecule has 0 heterocycles. The summed E-state index contributed by atoms with van der Waals surface area (Å²) in [6, 6.07) is 0. The molecule has 0 aromatic rings. The predicted octanol–water partition coefficient (Wildman–Crippen LogP) is 4.85. The zero-order valence-corrected chi connectivity index (χ0v) is 14.7. The molecule has 2 heteroatoms. The first-order valence-electron chi connectivity index (χ1n) is 8.36. The third kappa shape index (κ3) is 6.76. The predicted molar refractivity (Wildman–Crippen MR) is 94.8 cm³/mol. The van der Waals surface area contributed by atoms with Crippen LogP contribution >= 0.6 is 0 Å². The Labute approximate surface area is 135 Å². The fraction of sp³-hybridized carbons (Fsp3) is 0.600. The van der Waals surface area contributed by atoms with Gasteiger partial charge in [0, 0.05) is 0 Å². The maximum absolute atomic E-state index is 10.4. The standard InChI is InChI=1S/C20H32O2/c1-16-7-5-9-17(2)11-13-19(20(4,22)15-21)14-12-18(3)10-6-8-16/h7,10-11,13,21-22H,5-6,8-9,12,14-15H2,1-4H3. The molecule has 22 heavy (non-hydrogen) atoms. The van der Waals surface area contributed by atoms with Crippen LogP contribution in [0, 0.1) is 0 Å². The van der Waals surface area contributed by atoms with Crippen molar-refractivity contribution in [2.45, 2.75) is 71.8 Å². The van der Waals surface area contributed by atoms with Gasteiger partial charge in [-0.05, 0) is 71.8 Å². The van der Waals surface area contributed by atoms with Gasteiger partial charge in [0.15, 0.2) is 0 Å². The molecular formula is C20H32O2. The summed E-state index contributed by atoms with van der Waals surface area (Å²) in [7, 11) is 0.